The Labute approximate surface area is 154 Å². The summed E-state index contributed by atoms with van der Waals surface area (Å²) in [6.07, 6.45) is 0.156. The summed E-state index contributed by atoms with van der Waals surface area (Å²) < 4.78 is 5.26. The first-order chi connectivity index (χ1) is 13.1. The first kappa shape index (κ1) is 17.0. The lowest BCUT2D eigenvalue weighted by molar-refractivity contribution is -0.119. The number of rotatable bonds is 4. The molecule has 27 heavy (non-hydrogen) atoms. The average molecular weight is 368 g/mol. The van der Waals surface area contributed by atoms with Crippen molar-refractivity contribution in [1.29, 1.82) is 0 Å². The van der Waals surface area contributed by atoms with Gasteiger partial charge in [0.2, 0.25) is 5.91 Å². The predicted molar refractivity (Wildman–Crippen MR) is 94.1 cm³/mol. The molecule has 1 aromatic carbocycles. The van der Waals surface area contributed by atoms with E-state index in [0.717, 1.165) is 0 Å². The van der Waals surface area contributed by atoms with Crippen molar-refractivity contribution in [3.05, 3.63) is 48.0 Å². The summed E-state index contributed by atoms with van der Waals surface area (Å²) in [5.41, 5.74) is 3.06. The molecule has 0 spiro atoms. The van der Waals surface area contributed by atoms with Crippen LogP contribution in [0.25, 0.3) is 0 Å². The molecular weight excluding hydrogens is 352 g/mol. The van der Waals surface area contributed by atoms with Crippen LogP contribution in [-0.4, -0.2) is 42.0 Å². The van der Waals surface area contributed by atoms with Crippen molar-refractivity contribution in [2.75, 3.05) is 23.4 Å². The molecule has 1 unspecified atom stereocenters. The molecule has 2 aromatic rings. The zero-order chi connectivity index (χ0) is 18.8. The topological polar surface area (TPSA) is 110 Å². The lowest BCUT2D eigenvalue weighted by atomic mass is 10.2. The Bertz CT molecular complexity index is 902. The molecule has 0 aliphatic carbocycles. The monoisotopic (exact) mass is 368 g/mol. The van der Waals surface area contributed by atoms with E-state index in [1.807, 2.05) is 0 Å². The van der Waals surface area contributed by atoms with Gasteiger partial charge in [0.25, 0.3) is 5.91 Å². The van der Waals surface area contributed by atoms with Crippen LogP contribution in [0.1, 0.15) is 16.8 Å². The molecule has 0 radical (unpaired) electrons. The van der Waals surface area contributed by atoms with Crippen LogP contribution >= 0.6 is 0 Å². The van der Waals surface area contributed by atoms with E-state index in [-0.39, 0.29) is 43.2 Å². The summed E-state index contributed by atoms with van der Waals surface area (Å²) in [6, 6.07) is 11.5. The first-order valence-corrected chi connectivity index (χ1v) is 8.36. The smallest absolute Gasteiger partial charge is 0.356 e. The van der Waals surface area contributed by atoms with Crippen LogP contribution < -0.4 is 20.4 Å². The third kappa shape index (κ3) is 3.58. The fraction of sp³-hybridized carbons (Fsp3) is 0.222. The second-order valence-electron chi connectivity index (χ2n) is 6.13. The van der Waals surface area contributed by atoms with Gasteiger partial charge >= 0.3 is 5.97 Å². The fourth-order valence-corrected chi connectivity index (χ4v) is 2.88. The highest BCUT2D eigenvalue weighted by molar-refractivity contribution is 5.97. The largest absolute Gasteiger partial charge is 0.480 e. The van der Waals surface area contributed by atoms with Crippen molar-refractivity contribution in [3.8, 4) is 5.75 Å². The van der Waals surface area contributed by atoms with E-state index < -0.39 is 5.97 Å². The van der Waals surface area contributed by atoms with E-state index in [9.17, 15) is 14.4 Å². The number of aromatic nitrogens is 1. The maximum Gasteiger partial charge on any atom is 0.356 e. The molecule has 138 valence electrons. The number of hydrogen-bond acceptors (Lipinski definition) is 7. The molecule has 0 saturated carbocycles. The third-order valence-corrected chi connectivity index (χ3v) is 4.19. The second-order valence-corrected chi connectivity index (χ2v) is 6.13. The number of nitrogens with one attached hydrogen (secondary N) is 2. The lowest BCUT2D eigenvalue weighted by Gasteiger charge is -2.21. The number of benzene rings is 1. The highest BCUT2D eigenvalue weighted by Gasteiger charge is 2.33. The van der Waals surface area contributed by atoms with E-state index in [4.69, 9.17) is 9.57 Å². The molecule has 9 heteroatoms. The van der Waals surface area contributed by atoms with Gasteiger partial charge in [0, 0.05) is 13.0 Å². The summed E-state index contributed by atoms with van der Waals surface area (Å²) in [5.74, 6) is 0.141. The fourth-order valence-electron chi connectivity index (χ4n) is 2.88. The van der Waals surface area contributed by atoms with Gasteiger partial charge in [0.1, 0.15) is 5.82 Å². The Hall–Kier alpha value is -3.46. The Balaban J connectivity index is 1.40. The molecule has 1 fully saturated rings. The molecule has 1 aromatic heterocycles. The number of fused-ring (bicyclic) bond motifs is 1. The number of hydrogen-bond donors (Lipinski definition) is 2. The molecule has 1 atom stereocenters. The van der Waals surface area contributed by atoms with Gasteiger partial charge in [-0.3, -0.25) is 14.5 Å². The zero-order valence-electron chi connectivity index (χ0n) is 14.2. The highest BCUT2D eigenvalue weighted by Crippen LogP contribution is 2.29. The lowest BCUT2D eigenvalue weighted by Crippen LogP contribution is -2.35. The summed E-state index contributed by atoms with van der Waals surface area (Å²) >= 11 is 0. The summed E-state index contributed by atoms with van der Waals surface area (Å²) in [6.45, 7) is 0.219. The number of anilines is 2. The zero-order valence-corrected chi connectivity index (χ0v) is 14.2. The van der Waals surface area contributed by atoms with Crippen LogP contribution in [0.5, 0.6) is 5.75 Å². The minimum atomic E-state index is -0.520. The first-order valence-electron chi connectivity index (χ1n) is 8.36. The molecule has 2 amide bonds. The number of amides is 2. The molecule has 2 N–H and O–H groups in total. The third-order valence-electron chi connectivity index (χ3n) is 4.19. The van der Waals surface area contributed by atoms with Gasteiger partial charge in [-0.15, -0.1) is 5.48 Å². The number of nitrogens with zero attached hydrogens (tertiary/aromatic N) is 2. The molecule has 0 bridgehead atoms. The van der Waals surface area contributed by atoms with E-state index in [1.165, 1.54) is 4.90 Å². The molecule has 2 aliphatic rings. The maximum atomic E-state index is 12.3. The van der Waals surface area contributed by atoms with Crippen molar-refractivity contribution in [2.45, 2.75) is 12.5 Å². The second kappa shape index (κ2) is 7.04. The molecule has 2 aliphatic heterocycles. The van der Waals surface area contributed by atoms with Crippen LogP contribution in [0, 0.1) is 0 Å². The Morgan fingerprint density at radius 2 is 2.04 bits per heavy atom. The Kier molecular flexibility index (Phi) is 4.43. The SMILES string of the molecule is O=C1COc2ccc(N3CC(NOC(=O)c4ccccc4)CC3=O)nc2N1. The van der Waals surface area contributed by atoms with E-state index >= 15 is 0 Å². The van der Waals surface area contributed by atoms with Gasteiger partial charge in [-0.25, -0.2) is 9.78 Å². The Morgan fingerprint density at radius 1 is 1.22 bits per heavy atom. The molecule has 3 heterocycles. The van der Waals surface area contributed by atoms with Gasteiger partial charge in [-0.2, -0.15) is 0 Å². The summed E-state index contributed by atoms with van der Waals surface area (Å²) in [4.78, 5) is 46.6. The average Bonchev–Trinajstić information content (AvgIpc) is 3.06. The van der Waals surface area contributed by atoms with Gasteiger partial charge in [-0.05, 0) is 24.3 Å². The van der Waals surface area contributed by atoms with E-state index in [0.29, 0.717) is 17.1 Å². The number of ether oxygens (including phenoxy) is 1. The summed E-state index contributed by atoms with van der Waals surface area (Å²) in [5, 5.41) is 2.61. The Morgan fingerprint density at radius 3 is 2.85 bits per heavy atom. The minimum Gasteiger partial charge on any atom is -0.480 e. The standard InChI is InChI=1S/C18H16N4O5/c23-15-10-26-13-6-7-14(19-17(13)20-15)22-9-12(8-16(22)24)21-27-18(25)11-4-2-1-3-5-11/h1-7,12,21H,8-10H2,(H,19,20,23). The molecule has 4 rings (SSSR count). The molecular formula is C18H16N4O5. The predicted octanol–water partition coefficient (Wildman–Crippen LogP) is 0.879. The summed E-state index contributed by atoms with van der Waals surface area (Å²) in [7, 11) is 0. The normalized spacial score (nSPS) is 18.5. The quantitative estimate of drug-likeness (QED) is 0.771. The number of carbonyl (C=O) groups is 3. The van der Waals surface area contributed by atoms with Crippen LogP contribution in [0.4, 0.5) is 11.6 Å². The van der Waals surface area contributed by atoms with Crippen molar-refractivity contribution >= 4 is 29.4 Å². The number of pyridine rings is 1. The van der Waals surface area contributed by atoms with Crippen molar-refractivity contribution in [1.82, 2.24) is 10.5 Å². The highest BCUT2D eigenvalue weighted by atomic mass is 16.7. The molecule has 1 saturated heterocycles. The van der Waals surface area contributed by atoms with Gasteiger partial charge in [0.15, 0.2) is 18.2 Å². The van der Waals surface area contributed by atoms with E-state index in [2.05, 4.69) is 15.8 Å². The van der Waals surface area contributed by atoms with Crippen LogP contribution in [0.3, 0.4) is 0 Å². The van der Waals surface area contributed by atoms with E-state index in [1.54, 1.807) is 42.5 Å². The van der Waals surface area contributed by atoms with Crippen LogP contribution in [0.2, 0.25) is 0 Å². The van der Waals surface area contributed by atoms with Gasteiger partial charge in [0.05, 0.1) is 11.6 Å². The van der Waals surface area contributed by atoms with Crippen molar-refractivity contribution in [2.24, 2.45) is 0 Å². The minimum absolute atomic E-state index is 0.0601. The van der Waals surface area contributed by atoms with Crippen molar-refractivity contribution < 1.29 is 24.0 Å². The molecule has 9 nitrogen and oxygen atoms in total. The van der Waals surface area contributed by atoms with Crippen LogP contribution in [0.15, 0.2) is 42.5 Å². The number of carbonyl (C=O) groups excluding carboxylic acids is 3. The van der Waals surface area contributed by atoms with Gasteiger partial charge in [-0.1, -0.05) is 18.2 Å². The number of hydroxylamine groups is 1. The van der Waals surface area contributed by atoms with Crippen LogP contribution in [-0.2, 0) is 14.4 Å². The maximum absolute atomic E-state index is 12.3. The van der Waals surface area contributed by atoms with Gasteiger partial charge < -0.3 is 14.9 Å². The van der Waals surface area contributed by atoms with Crippen molar-refractivity contribution in [3.63, 3.8) is 0 Å².